The van der Waals surface area contributed by atoms with Crippen LogP contribution in [0.25, 0.3) is 5.69 Å². The number of carbonyl (C=O) groups excluding carboxylic acids is 2. The van der Waals surface area contributed by atoms with Crippen molar-refractivity contribution in [2.24, 2.45) is 0 Å². The third-order valence-electron chi connectivity index (χ3n) is 4.24. The van der Waals surface area contributed by atoms with E-state index in [1.54, 1.807) is 0 Å². The van der Waals surface area contributed by atoms with Crippen LogP contribution in [0, 0.1) is 0 Å². The summed E-state index contributed by atoms with van der Waals surface area (Å²) in [7, 11) is 0. The molecule has 0 fully saturated rings. The van der Waals surface area contributed by atoms with Gasteiger partial charge in [0.15, 0.2) is 5.69 Å². The summed E-state index contributed by atoms with van der Waals surface area (Å²) in [4.78, 5) is 23.7. The van der Waals surface area contributed by atoms with Crippen LogP contribution < -0.4 is 10.6 Å². The maximum atomic E-state index is 13.8. The Morgan fingerprint density at radius 2 is 1.67 bits per heavy atom. The average molecular weight is 491 g/mol. The largest absolute Gasteiger partial charge is 0.434 e. The lowest BCUT2D eigenvalue weighted by molar-refractivity contribution is -0.143. The molecule has 3 aromatic rings. The van der Waals surface area contributed by atoms with Gasteiger partial charge in [-0.3, -0.25) is 9.59 Å². The second-order valence-electron chi connectivity index (χ2n) is 6.69. The number of alkyl halides is 6. The van der Waals surface area contributed by atoms with E-state index < -0.39 is 46.7 Å². The number of halogens is 7. The van der Waals surface area contributed by atoms with Crippen molar-refractivity contribution in [2.45, 2.75) is 19.3 Å². The first-order valence-corrected chi connectivity index (χ1v) is 9.36. The number of aromatic nitrogens is 2. The van der Waals surface area contributed by atoms with Gasteiger partial charge in [0, 0.05) is 12.6 Å². The lowest BCUT2D eigenvalue weighted by Gasteiger charge is -2.14. The monoisotopic (exact) mass is 490 g/mol. The highest BCUT2D eigenvalue weighted by Crippen LogP contribution is 2.36. The molecule has 6 nitrogen and oxygen atoms in total. The molecule has 0 bridgehead atoms. The van der Waals surface area contributed by atoms with Gasteiger partial charge in [-0.25, -0.2) is 4.68 Å². The van der Waals surface area contributed by atoms with Crippen LogP contribution in [0.1, 0.15) is 28.5 Å². The second-order valence-corrected chi connectivity index (χ2v) is 7.10. The van der Waals surface area contributed by atoms with Crippen molar-refractivity contribution >= 4 is 34.8 Å². The minimum absolute atomic E-state index is 0.0127. The van der Waals surface area contributed by atoms with Gasteiger partial charge in [0.05, 0.1) is 33.7 Å². The van der Waals surface area contributed by atoms with Crippen LogP contribution in [0.4, 0.5) is 37.7 Å². The Morgan fingerprint density at radius 3 is 2.24 bits per heavy atom. The van der Waals surface area contributed by atoms with E-state index in [0.29, 0.717) is 18.3 Å². The maximum absolute atomic E-state index is 13.8. The summed E-state index contributed by atoms with van der Waals surface area (Å²) in [6, 6.07) is 6.94. The molecular formula is C20H13ClF6N4O2. The number of amides is 2. The van der Waals surface area contributed by atoms with E-state index in [2.05, 4.69) is 15.7 Å². The zero-order valence-corrected chi connectivity index (χ0v) is 17.2. The van der Waals surface area contributed by atoms with Gasteiger partial charge in [0.2, 0.25) is 5.91 Å². The van der Waals surface area contributed by atoms with E-state index >= 15 is 0 Å². The molecule has 0 unspecified atom stereocenters. The van der Waals surface area contributed by atoms with Gasteiger partial charge in [-0.15, -0.1) is 0 Å². The number of benzene rings is 2. The molecule has 0 spiro atoms. The normalized spacial score (nSPS) is 11.9. The molecule has 3 rings (SSSR count). The molecule has 2 aromatic carbocycles. The number of nitrogens with zero attached hydrogens (tertiary/aromatic N) is 2. The zero-order valence-electron chi connectivity index (χ0n) is 16.5. The Bertz CT molecular complexity index is 1220. The Hall–Kier alpha value is -3.54. The van der Waals surface area contributed by atoms with Crippen molar-refractivity contribution in [2.75, 3.05) is 10.6 Å². The van der Waals surface area contributed by atoms with E-state index in [-0.39, 0.29) is 21.1 Å². The molecule has 0 saturated carbocycles. The first kappa shape index (κ1) is 24.1. The van der Waals surface area contributed by atoms with Gasteiger partial charge in [-0.1, -0.05) is 17.7 Å². The third-order valence-corrected chi connectivity index (χ3v) is 4.55. The van der Waals surface area contributed by atoms with Crippen molar-refractivity contribution in [3.63, 3.8) is 0 Å². The van der Waals surface area contributed by atoms with E-state index in [1.807, 2.05) is 0 Å². The minimum Gasteiger partial charge on any atom is -0.325 e. The summed E-state index contributed by atoms with van der Waals surface area (Å²) in [5.74, 6) is -1.63. The highest BCUT2D eigenvalue weighted by Gasteiger charge is 2.41. The Morgan fingerprint density at radius 1 is 0.970 bits per heavy atom. The minimum atomic E-state index is -5.12. The Balaban J connectivity index is 1.98. The van der Waals surface area contributed by atoms with Crippen molar-refractivity contribution in [1.82, 2.24) is 9.78 Å². The molecule has 174 valence electrons. The van der Waals surface area contributed by atoms with Crippen LogP contribution in [0.5, 0.6) is 0 Å². The molecule has 13 heteroatoms. The van der Waals surface area contributed by atoms with Gasteiger partial charge >= 0.3 is 12.4 Å². The van der Waals surface area contributed by atoms with Gasteiger partial charge in [0.1, 0.15) is 0 Å². The topological polar surface area (TPSA) is 76.0 Å². The van der Waals surface area contributed by atoms with Gasteiger partial charge < -0.3 is 10.6 Å². The van der Waals surface area contributed by atoms with E-state index in [0.717, 1.165) is 12.1 Å². The van der Waals surface area contributed by atoms with Crippen molar-refractivity contribution in [1.29, 1.82) is 0 Å². The number of hydrogen-bond donors (Lipinski definition) is 2. The van der Waals surface area contributed by atoms with Crippen LogP contribution >= 0.6 is 11.6 Å². The predicted molar refractivity (Wildman–Crippen MR) is 107 cm³/mol. The molecule has 0 aliphatic rings. The molecular weight excluding hydrogens is 478 g/mol. The first-order valence-electron chi connectivity index (χ1n) is 8.98. The highest BCUT2D eigenvalue weighted by atomic mass is 35.5. The SMILES string of the molecule is CC(=O)Nc1ccc(NC(=O)c2cnn(-c3cccc(C(F)(F)F)c3)c2C(F)(F)F)cc1Cl. The Labute approximate surface area is 187 Å². The Kier molecular flexibility index (Phi) is 6.41. The predicted octanol–water partition coefficient (Wildman–Crippen LogP) is 5.77. The maximum Gasteiger partial charge on any atom is 0.434 e. The van der Waals surface area contributed by atoms with Gasteiger partial charge in [-0.2, -0.15) is 31.4 Å². The van der Waals surface area contributed by atoms with Crippen LogP contribution in [0.15, 0.2) is 48.7 Å². The quantitative estimate of drug-likeness (QED) is 0.456. The number of carbonyl (C=O) groups is 2. The van der Waals surface area contributed by atoms with Crippen LogP contribution in [-0.2, 0) is 17.1 Å². The molecule has 0 atom stereocenters. The first-order chi connectivity index (χ1) is 15.3. The third kappa shape index (κ3) is 5.45. The van der Waals surface area contributed by atoms with Crippen molar-refractivity contribution in [3.8, 4) is 5.69 Å². The molecule has 2 amide bonds. The summed E-state index contributed by atoms with van der Waals surface area (Å²) in [5.41, 5.74) is -3.95. The summed E-state index contributed by atoms with van der Waals surface area (Å²) < 4.78 is 80.5. The lowest BCUT2D eigenvalue weighted by Crippen LogP contribution is -2.21. The smallest absolute Gasteiger partial charge is 0.325 e. The summed E-state index contributed by atoms with van der Waals surface area (Å²) in [5, 5.41) is 8.16. The molecule has 33 heavy (non-hydrogen) atoms. The van der Waals surface area contributed by atoms with E-state index in [9.17, 15) is 35.9 Å². The molecule has 2 N–H and O–H groups in total. The van der Waals surface area contributed by atoms with Crippen molar-refractivity contribution < 1.29 is 35.9 Å². The van der Waals surface area contributed by atoms with Crippen LogP contribution in [0.3, 0.4) is 0 Å². The summed E-state index contributed by atoms with van der Waals surface area (Å²) in [6.45, 7) is 1.24. The fourth-order valence-electron chi connectivity index (χ4n) is 2.88. The number of rotatable bonds is 4. The standard InChI is InChI=1S/C20H13ClF6N4O2/c1-10(32)29-16-6-5-12(8-15(16)21)30-18(33)14-9-28-31(17(14)20(25,26)27)13-4-2-3-11(7-13)19(22,23)24/h2-9H,1H3,(H,29,32)(H,30,33). The average Bonchev–Trinajstić information content (AvgIpc) is 3.15. The lowest BCUT2D eigenvalue weighted by atomic mass is 10.1. The summed E-state index contributed by atoms with van der Waals surface area (Å²) >= 11 is 5.99. The zero-order chi connectivity index (χ0) is 24.6. The molecule has 1 heterocycles. The van der Waals surface area contributed by atoms with Crippen LogP contribution in [-0.4, -0.2) is 21.6 Å². The molecule has 0 saturated heterocycles. The van der Waals surface area contributed by atoms with Crippen LogP contribution in [0.2, 0.25) is 5.02 Å². The number of anilines is 2. The highest BCUT2D eigenvalue weighted by molar-refractivity contribution is 6.34. The van der Waals surface area contributed by atoms with Crippen molar-refractivity contribution in [3.05, 3.63) is 70.5 Å². The number of nitrogens with one attached hydrogen (secondary N) is 2. The fourth-order valence-corrected chi connectivity index (χ4v) is 3.11. The van der Waals surface area contributed by atoms with E-state index in [4.69, 9.17) is 11.6 Å². The number of hydrogen-bond acceptors (Lipinski definition) is 3. The fraction of sp³-hybridized carbons (Fsp3) is 0.150. The summed E-state index contributed by atoms with van der Waals surface area (Å²) in [6.07, 6.45) is -9.31. The molecule has 0 aliphatic heterocycles. The van der Waals surface area contributed by atoms with Gasteiger partial charge in [0.25, 0.3) is 5.91 Å². The molecule has 0 aliphatic carbocycles. The van der Waals surface area contributed by atoms with E-state index in [1.165, 1.54) is 25.1 Å². The molecule has 1 aromatic heterocycles. The van der Waals surface area contributed by atoms with Gasteiger partial charge in [-0.05, 0) is 36.4 Å². The molecule has 0 radical (unpaired) electrons. The second kappa shape index (κ2) is 8.77.